The molecule has 1 aromatic carbocycles. The summed E-state index contributed by atoms with van der Waals surface area (Å²) >= 11 is 7.14. The van der Waals surface area contributed by atoms with Gasteiger partial charge in [0.15, 0.2) is 16.1 Å². The van der Waals surface area contributed by atoms with Gasteiger partial charge < -0.3 is 20.3 Å². The number of aromatic carboxylic acids is 1. The van der Waals surface area contributed by atoms with Gasteiger partial charge in [0.2, 0.25) is 0 Å². The Hall–Kier alpha value is -2.91. The van der Waals surface area contributed by atoms with Crippen LogP contribution in [0.25, 0.3) is 0 Å². The van der Waals surface area contributed by atoms with Crippen molar-refractivity contribution in [2.45, 2.75) is 26.4 Å². The molecule has 3 N–H and O–H groups in total. The van der Waals surface area contributed by atoms with E-state index in [4.69, 9.17) is 16.7 Å². The number of anilines is 2. The SMILES string of the molecule is CCc1[nH]c(C(=O)Nc2ccc3c(c2)CN(c2ncc(C(=O)O)s2)C3)nc1Cl. The zero-order chi connectivity index (χ0) is 19.8. The molecule has 0 saturated carbocycles. The second-order valence-corrected chi connectivity index (χ2v) is 7.68. The van der Waals surface area contributed by atoms with Gasteiger partial charge >= 0.3 is 5.97 Å². The average molecular weight is 418 g/mol. The van der Waals surface area contributed by atoms with Gasteiger partial charge in [-0.15, -0.1) is 0 Å². The molecule has 0 atom stereocenters. The van der Waals surface area contributed by atoms with Crippen LogP contribution in [-0.2, 0) is 19.5 Å². The number of aryl methyl sites for hydroxylation is 1. The Labute approximate surface area is 169 Å². The number of carboxylic acid groups (broad SMARTS) is 1. The lowest BCUT2D eigenvalue weighted by Gasteiger charge is -2.12. The molecule has 1 aliphatic heterocycles. The van der Waals surface area contributed by atoms with Crippen LogP contribution < -0.4 is 10.2 Å². The topological polar surface area (TPSA) is 111 Å². The number of carboxylic acids is 1. The van der Waals surface area contributed by atoms with Gasteiger partial charge in [-0.05, 0) is 29.7 Å². The fourth-order valence-corrected chi connectivity index (χ4v) is 4.06. The molecule has 10 heteroatoms. The fourth-order valence-electron chi connectivity index (χ4n) is 3.04. The Morgan fingerprint density at radius 3 is 2.82 bits per heavy atom. The number of aromatic nitrogens is 3. The maximum Gasteiger partial charge on any atom is 0.347 e. The van der Waals surface area contributed by atoms with Crippen LogP contribution in [-0.4, -0.2) is 31.9 Å². The number of fused-ring (bicyclic) bond motifs is 1. The first-order chi connectivity index (χ1) is 13.4. The predicted octanol–water partition coefficient (Wildman–Crippen LogP) is 3.55. The lowest BCUT2D eigenvalue weighted by Crippen LogP contribution is -2.14. The Kier molecular flexibility index (Phi) is 4.78. The molecular weight excluding hydrogens is 402 g/mol. The van der Waals surface area contributed by atoms with E-state index in [9.17, 15) is 9.59 Å². The van der Waals surface area contributed by atoms with Crippen LogP contribution >= 0.6 is 22.9 Å². The molecule has 1 amide bonds. The lowest BCUT2D eigenvalue weighted by atomic mass is 10.1. The van der Waals surface area contributed by atoms with Gasteiger partial charge in [-0.3, -0.25) is 4.79 Å². The van der Waals surface area contributed by atoms with Crippen LogP contribution in [0.1, 0.15) is 44.0 Å². The normalized spacial score (nSPS) is 12.9. The number of halogens is 1. The largest absolute Gasteiger partial charge is 0.477 e. The summed E-state index contributed by atoms with van der Waals surface area (Å²) in [6.07, 6.45) is 2.03. The standard InChI is InChI=1S/C18H16ClN5O3S/c1-2-12-14(19)23-15(22-12)16(25)21-11-4-3-9-7-24(8-10(9)5-11)18-20-6-13(28-18)17(26)27/h3-6H,2,7-8H2,1H3,(H,21,25)(H,22,23)(H,26,27). The van der Waals surface area contributed by atoms with Crippen molar-refractivity contribution in [3.8, 4) is 0 Å². The van der Waals surface area contributed by atoms with Crippen LogP contribution in [0, 0.1) is 0 Å². The molecule has 3 heterocycles. The number of nitrogens with zero attached hydrogens (tertiary/aromatic N) is 3. The van der Waals surface area contributed by atoms with E-state index in [0.29, 0.717) is 35.5 Å². The number of hydrogen-bond acceptors (Lipinski definition) is 6. The fraction of sp³-hybridized carbons (Fsp3) is 0.222. The Morgan fingerprint density at radius 1 is 1.36 bits per heavy atom. The first-order valence-electron chi connectivity index (χ1n) is 8.56. The third kappa shape index (κ3) is 3.46. The van der Waals surface area contributed by atoms with E-state index < -0.39 is 5.97 Å². The molecule has 144 valence electrons. The van der Waals surface area contributed by atoms with Crippen molar-refractivity contribution in [3.63, 3.8) is 0 Å². The predicted molar refractivity (Wildman–Crippen MR) is 106 cm³/mol. The van der Waals surface area contributed by atoms with Crippen molar-refractivity contribution in [1.82, 2.24) is 15.0 Å². The number of aromatic amines is 1. The van der Waals surface area contributed by atoms with Crippen molar-refractivity contribution >= 4 is 45.6 Å². The number of hydrogen-bond donors (Lipinski definition) is 3. The summed E-state index contributed by atoms with van der Waals surface area (Å²) in [7, 11) is 0. The van der Waals surface area contributed by atoms with Crippen molar-refractivity contribution in [3.05, 3.63) is 57.1 Å². The summed E-state index contributed by atoms with van der Waals surface area (Å²) in [5, 5.41) is 12.9. The maximum atomic E-state index is 12.4. The monoisotopic (exact) mass is 417 g/mol. The highest BCUT2D eigenvalue weighted by Gasteiger charge is 2.23. The average Bonchev–Trinajstić information content (AvgIpc) is 3.38. The highest BCUT2D eigenvalue weighted by molar-refractivity contribution is 7.17. The highest BCUT2D eigenvalue weighted by Crippen LogP contribution is 2.32. The van der Waals surface area contributed by atoms with Gasteiger partial charge in [0.25, 0.3) is 5.91 Å². The van der Waals surface area contributed by atoms with Crippen LogP contribution in [0.4, 0.5) is 10.8 Å². The smallest absolute Gasteiger partial charge is 0.347 e. The number of amides is 1. The molecule has 3 aromatic rings. The van der Waals surface area contributed by atoms with Gasteiger partial charge in [-0.1, -0.05) is 35.9 Å². The molecular formula is C18H16ClN5O3S. The lowest BCUT2D eigenvalue weighted by molar-refractivity contribution is 0.0701. The summed E-state index contributed by atoms with van der Waals surface area (Å²) in [5.74, 6) is -1.16. The quantitative estimate of drug-likeness (QED) is 0.585. The van der Waals surface area contributed by atoms with Crippen molar-refractivity contribution in [1.29, 1.82) is 0 Å². The molecule has 0 aliphatic carbocycles. The second-order valence-electron chi connectivity index (χ2n) is 6.31. The number of carbonyl (C=O) groups excluding carboxylic acids is 1. The Morgan fingerprint density at radius 2 is 2.14 bits per heavy atom. The highest BCUT2D eigenvalue weighted by atomic mass is 35.5. The number of rotatable bonds is 5. The van der Waals surface area contributed by atoms with E-state index in [1.807, 2.05) is 30.0 Å². The molecule has 28 heavy (non-hydrogen) atoms. The van der Waals surface area contributed by atoms with Crippen molar-refractivity contribution in [2.75, 3.05) is 10.2 Å². The molecule has 2 aromatic heterocycles. The summed E-state index contributed by atoms with van der Waals surface area (Å²) in [6.45, 7) is 3.16. The van der Waals surface area contributed by atoms with Gasteiger partial charge in [0, 0.05) is 18.8 Å². The number of benzene rings is 1. The first-order valence-corrected chi connectivity index (χ1v) is 9.75. The maximum absolute atomic E-state index is 12.4. The number of nitrogens with one attached hydrogen (secondary N) is 2. The molecule has 0 spiro atoms. The summed E-state index contributed by atoms with van der Waals surface area (Å²) in [5.41, 5.74) is 3.54. The van der Waals surface area contributed by atoms with E-state index in [1.165, 1.54) is 6.20 Å². The number of imidazole rings is 1. The second kappa shape index (κ2) is 7.25. The van der Waals surface area contributed by atoms with Crippen LogP contribution in [0.2, 0.25) is 5.15 Å². The van der Waals surface area contributed by atoms with Crippen LogP contribution in [0.15, 0.2) is 24.4 Å². The molecule has 0 bridgehead atoms. The van der Waals surface area contributed by atoms with E-state index in [1.54, 1.807) is 0 Å². The summed E-state index contributed by atoms with van der Waals surface area (Å²) < 4.78 is 0. The van der Waals surface area contributed by atoms with Crippen molar-refractivity contribution < 1.29 is 14.7 Å². The number of H-pyrrole nitrogens is 1. The zero-order valence-corrected chi connectivity index (χ0v) is 16.4. The Balaban J connectivity index is 1.48. The molecule has 8 nitrogen and oxygen atoms in total. The third-order valence-electron chi connectivity index (χ3n) is 4.46. The van der Waals surface area contributed by atoms with Gasteiger partial charge in [0.1, 0.15) is 4.88 Å². The summed E-state index contributed by atoms with van der Waals surface area (Å²) in [6, 6.07) is 5.68. The van der Waals surface area contributed by atoms with Crippen LogP contribution in [0.3, 0.4) is 0 Å². The van der Waals surface area contributed by atoms with E-state index in [2.05, 4.69) is 20.3 Å². The van der Waals surface area contributed by atoms with Crippen LogP contribution in [0.5, 0.6) is 0 Å². The van der Waals surface area contributed by atoms with E-state index in [0.717, 1.165) is 28.2 Å². The number of carbonyl (C=O) groups is 2. The molecule has 0 radical (unpaired) electrons. The van der Waals surface area contributed by atoms with Gasteiger partial charge in [-0.25, -0.2) is 14.8 Å². The zero-order valence-electron chi connectivity index (χ0n) is 14.8. The van der Waals surface area contributed by atoms with Crippen molar-refractivity contribution in [2.24, 2.45) is 0 Å². The molecule has 0 saturated heterocycles. The Bertz CT molecular complexity index is 1080. The minimum atomic E-state index is -0.977. The molecule has 4 rings (SSSR count). The number of thiazole rings is 1. The summed E-state index contributed by atoms with van der Waals surface area (Å²) in [4.78, 5) is 36.9. The third-order valence-corrected chi connectivity index (χ3v) is 5.82. The minimum absolute atomic E-state index is 0.174. The molecule has 0 fully saturated rings. The van der Waals surface area contributed by atoms with E-state index in [-0.39, 0.29) is 16.6 Å². The molecule has 1 aliphatic rings. The van der Waals surface area contributed by atoms with Gasteiger partial charge in [-0.2, -0.15) is 0 Å². The van der Waals surface area contributed by atoms with E-state index >= 15 is 0 Å². The molecule has 0 unspecified atom stereocenters. The minimum Gasteiger partial charge on any atom is -0.477 e. The first kappa shape index (κ1) is 18.5. The van der Waals surface area contributed by atoms with Gasteiger partial charge in [0.05, 0.1) is 11.9 Å².